The van der Waals surface area contributed by atoms with Crippen LogP contribution in [0.15, 0.2) is 66.7 Å². The van der Waals surface area contributed by atoms with E-state index in [1.807, 2.05) is 60.7 Å². The average Bonchev–Trinajstić information content (AvgIpc) is 3.14. The lowest BCUT2D eigenvalue weighted by Gasteiger charge is -2.04. The van der Waals surface area contributed by atoms with E-state index >= 15 is 0 Å². The molecule has 132 valence electrons. The minimum absolute atomic E-state index is 0.455. The second-order valence-electron chi connectivity index (χ2n) is 6.27. The predicted molar refractivity (Wildman–Crippen MR) is 107 cm³/mol. The number of carbonyl (C=O) groups is 1. The minimum Gasteiger partial charge on any atom is -0.338 e. The highest BCUT2D eigenvalue weighted by atomic mass is 19.1. The van der Waals surface area contributed by atoms with Crippen LogP contribution >= 0.6 is 0 Å². The number of nitrogens with one attached hydrogen (secondary N) is 1. The van der Waals surface area contributed by atoms with Crippen LogP contribution in [-0.2, 0) is 6.67 Å². The van der Waals surface area contributed by atoms with E-state index in [9.17, 15) is 9.18 Å². The molecule has 0 aliphatic carbocycles. The molecule has 4 aromatic rings. The summed E-state index contributed by atoms with van der Waals surface area (Å²) in [5.74, 6) is 0.736. The maximum atomic E-state index is 12.6. The van der Waals surface area contributed by atoms with Crippen molar-refractivity contribution in [1.29, 1.82) is 0 Å². The summed E-state index contributed by atoms with van der Waals surface area (Å²) in [6.45, 7) is -0.455. The Bertz CT molecular complexity index is 1130. The fraction of sp³-hybridized carbons (Fsp3) is 0.0435. The Labute approximate surface area is 156 Å². The molecule has 0 aliphatic rings. The van der Waals surface area contributed by atoms with Gasteiger partial charge in [-0.1, -0.05) is 60.7 Å². The third kappa shape index (κ3) is 3.55. The van der Waals surface area contributed by atoms with Crippen LogP contribution in [0.25, 0.3) is 34.3 Å². The van der Waals surface area contributed by atoms with Crippen molar-refractivity contribution in [2.24, 2.45) is 0 Å². The van der Waals surface area contributed by atoms with Crippen molar-refractivity contribution >= 4 is 29.5 Å². The van der Waals surface area contributed by atoms with Crippen LogP contribution in [0.4, 0.5) is 4.39 Å². The summed E-state index contributed by atoms with van der Waals surface area (Å²) in [6, 6.07) is 20.7. The normalized spacial score (nSPS) is 11.3. The highest BCUT2D eigenvalue weighted by Gasteiger charge is 2.07. The summed E-state index contributed by atoms with van der Waals surface area (Å²) in [7, 11) is 0. The van der Waals surface area contributed by atoms with Crippen LogP contribution in [0.2, 0.25) is 0 Å². The molecule has 0 atom stereocenters. The van der Waals surface area contributed by atoms with Gasteiger partial charge in [-0.25, -0.2) is 9.37 Å². The van der Waals surface area contributed by atoms with Crippen molar-refractivity contribution in [3.63, 3.8) is 0 Å². The highest BCUT2D eigenvalue weighted by Crippen LogP contribution is 2.26. The van der Waals surface area contributed by atoms with E-state index < -0.39 is 6.67 Å². The van der Waals surface area contributed by atoms with Gasteiger partial charge < -0.3 is 4.98 Å². The molecule has 27 heavy (non-hydrogen) atoms. The third-order valence-electron chi connectivity index (χ3n) is 4.47. The number of carbonyl (C=O) groups excluding carboxylic acids is 1. The summed E-state index contributed by atoms with van der Waals surface area (Å²) >= 11 is 0. The fourth-order valence-electron chi connectivity index (χ4n) is 3.03. The summed E-state index contributed by atoms with van der Waals surface area (Å²) in [5, 5.41) is 0. The van der Waals surface area contributed by atoms with E-state index in [-0.39, 0.29) is 0 Å². The number of aromatic amines is 1. The third-order valence-corrected chi connectivity index (χ3v) is 4.47. The van der Waals surface area contributed by atoms with Gasteiger partial charge in [0.1, 0.15) is 12.5 Å². The molecule has 0 aliphatic heterocycles. The molecule has 0 radical (unpaired) electrons. The van der Waals surface area contributed by atoms with Gasteiger partial charge in [0.25, 0.3) is 0 Å². The molecule has 0 saturated carbocycles. The van der Waals surface area contributed by atoms with Crippen LogP contribution in [-0.4, -0.2) is 16.3 Å². The van der Waals surface area contributed by atoms with Gasteiger partial charge in [-0.2, -0.15) is 0 Å². The number of aromatic nitrogens is 2. The Kier molecular flexibility index (Phi) is 4.62. The zero-order valence-electron chi connectivity index (χ0n) is 14.5. The van der Waals surface area contributed by atoms with Crippen LogP contribution in [0.5, 0.6) is 0 Å². The number of alkyl halides is 1. The monoisotopic (exact) mass is 356 g/mol. The van der Waals surface area contributed by atoms with Crippen molar-refractivity contribution in [3.8, 4) is 11.1 Å². The number of aldehydes is 1. The van der Waals surface area contributed by atoms with Gasteiger partial charge >= 0.3 is 0 Å². The second-order valence-corrected chi connectivity index (χ2v) is 6.27. The first-order valence-corrected chi connectivity index (χ1v) is 8.64. The Morgan fingerprint density at radius 3 is 2.56 bits per heavy atom. The molecule has 0 amide bonds. The van der Waals surface area contributed by atoms with Gasteiger partial charge in [0.2, 0.25) is 0 Å². The van der Waals surface area contributed by atoms with Crippen molar-refractivity contribution < 1.29 is 9.18 Å². The van der Waals surface area contributed by atoms with Gasteiger partial charge in [-0.3, -0.25) is 4.79 Å². The molecular weight excluding hydrogens is 339 g/mol. The first kappa shape index (κ1) is 16.9. The molecule has 3 nitrogen and oxygen atoms in total. The van der Waals surface area contributed by atoms with Crippen LogP contribution in [0, 0.1) is 0 Å². The van der Waals surface area contributed by atoms with Gasteiger partial charge in [-0.15, -0.1) is 0 Å². The highest BCUT2D eigenvalue weighted by molar-refractivity contribution is 5.91. The number of fused-ring (bicyclic) bond motifs is 1. The summed E-state index contributed by atoms with van der Waals surface area (Å²) < 4.78 is 12.6. The lowest BCUT2D eigenvalue weighted by molar-refractivity contribution is 0.112. The maximum Gasteiger partial charge on any atom is 0.150 e. The van der Waals surface area contributed by atoms with E-state index in [0.29, 0.717) is 11.1 Å². The fourth-order valence-corrected chi connectivity index (χ4v) is 3.03. The number of hydrogen-bond donors (Lipinski definition) is 1. The Morgan fingerprint density at radius 1 is 0.963 bits per heavy atom. The molecule has 0 unspecified atom stereocenters. The number of hydrogen-bond acceptors (Lipinski definition) is 2. The lowest BCUT2D eigenvalue weighted by atomic mass is 10.0. The van der Waals surface area contributed by atoms with Crippen molar-refractivity contribution in [1.82, 2.24) is 9.97 Å². The van der Waals surface area contributed by atoms with E-state index in [1.165, 1.54) is 0 Å². The number of imidazole rings is 1. The molecule has 0 spiro atoms. The van der Waals surface area contributed by atoms with Gasteiger partial charge in [-0.05, 0) is 40.5 Å². The van der Waals surface area contributed by atoms with Gasteiger partial charge in [0.15, 0.2) is 6.29 Å². The first-order chi connectivity index (χ1) is 13.3. The Morgan fingerprint density at radius 2 is 1.78 bits per heavy atom. The quantitative estimate of drug-likeness (QED) is 0.467. The van der Waals surface area contributed by atoms with E-state index in [2.05, 4.69) is 9.97 Å². The molecule has 0 saturated heterocycles. The van der Waals surface area contributed by atoms with Crippen LogP contribution < -0.4 is 0 Å². The zero-order chi connectivity index (χ0) is 18.6. The minimum atomic E-state index is -0.455. The lowest BCUT2D eigenvalue weighted by Crippen LogP contribution is -1.86. The van der Waals surface area contributed by atoms with E-state index in [4.69, 9.17) is 0 Å². The SMILES string of the molecule is O=Cc1ccccc1-c1ccc2[nH]c(/C=C/c3ccc(CF)cc3)nc2c1. The summed E-state index contributed by atoms with van der Waals surface area (Å²) in [4.78, 5) is 19.2. The molecule has 1 aromatic heterocycles. The molecule has 3 aromatic carbocycles. The average molecular weight is 356 g/mol. The molecule has 4 rings (SSSR count). The van der Waals surface area contributed by atoms with Crippen LogP contribution in [0.3, 0.4) is 0 Å². The largest absolute Gasteiger partial charge is 0.338 e. The molecule has 1 heterocycles. The van der Waals surface area contributed by atoms with Gasteiger partial charge in [0, 0.05) is 5.56 Å². The van der Waals surface area contributed by atoms with E-state index in [1.54, 1.807) is 18.2 Å². The molecule has 1 N–H and O–H groups in total. The Balaban J connectivity index is 1.64. The van der Waals surface area contributed by atoms with Crippen molar-refractivity contribution in [2.75, 3.05) is 0 Å². The van der Waals surface area contributed by atoms with E-state index in [0.717, 1.165) is 39.8 Å². The number of nitrogens with zero attached hydrogens (tertiary/aromatic N) is 1. The number of H-pyrrole nitrogens is 1. The zero-order valence-corrected chi connectivity index (χ0v) is 14.5. The summed E-state index contributed by atoms with van der Waals surface area (Å²) in [6.07, 6.45) is 4.69. The molecule has 0 fully saturated rings. The second kappa shape index (κ2) is 7.38. The van der Waals surface area contributed by atoms with Crippen molar-refractivity contribution in [2.45, 2.75) is 6.67 Å². The number of rotatable bonds is 5. The number of benzene rings is 3. The Hall–Kier alpha value is -3.53. The van der Waals surface area contributed by atoms with Crippen LogP contribution in [0.1, 0.15) is 27.3 Å². The summed E-state index contributed by atoms with van der Waals surface area (Å²) in [5.41, 5.74) is 5.91. The molecular formula is C23H17FN2O. The predicted octanol–water partition coefficient (Wildman–Crippen LogP) is 5.68. The van der Waals surface area contributed by atoms with Gasteiger partial charge in [0.05, 0.1) is 11.0 Å². The first-order valence-electron chi connectivity index (χ1n) is 8.64. The molecule has 0 bridgehead atoms. The maximum absolute atomic E-state index is 12.6. The topological polar surface area (TPSA) is 45.8 Å². The standard InChI is InChI=1S/C23H17FN2O/c24-14-17-7-5-16(6-8-17)9-12-23-25-21-11-10-18(13-22(21)26-23)20-4-2-1-3-19(20)15-27/h1-13,15H,14H2,(H,25,26)/b12-9+. The number of halogens is 1. The molecule has 4 heteroatoms. The van der Waals surface area contributed by atoms with Crippen molar-refractivity contribution in [3.05, 3.63) is 89.2 Å². The smallest absolute Gasteiger partial charge is 0.150 e.